The molecule has 0 aliphatic carbocycles. The Kier molecular flexibility index (Phi) is 5.69. The lowest BCUT2D eigenvalue weighted by molar-refractivity contribution is 0.414. The number of benzene rings is 1. The molecule has 0 heterocycles. The van der Waals surface area contributed by atoms with E-state index in [1.54, 1.807) is 12.1 Å². The molecule has 1 aromatic carbocycles. The monoisotopic (exact) mass is 256 g/mol. The molecule has 1 aromatic rings. The Morgan fingerprint density at radius 3 is 2.88 bits per heavy atom. The van der Waals surface area contributed by atoms with Gasteiger partial charge in [0.25, 0.3) is 0 Å². The predicted molar refractivity (Wildman–Crippen MR) is 72.1 cm³/mol. The summed E-state index contributed by atoms with van der Waals surface area (Å²) < 4.78 is 18.5. The van der Waals surface area contributed by atoms with Crippen molar-refractivity contribution < 1.29 is 9.13 Å². The van der Waals surface area contributed by atoms with Crippen LogP contribution in [0, 0.1) is 5.82 Å². The van der Waals surface area contributed by atoms with Gasteiger partial charge in [0.1, 0.15) is 11.6 Å². The molecule has 0 aliphatic heterocycles. The number of halogens is 1. The summed E-state index contributed by atoms with van der Waals surface area (Å²) in [5.74, 6) is 0.232. The molecule has 1 rings (SSSR count). The zero-order valence-electron chi connectivity index (χ0n) is 10.0. The van der Waals surface area contributed by atoms with Crippen molar-refractivity contribution in [1.29, 1.82) is 0 Å². The zero-order chi connectivity index (χ0) is 12.7. The predicted octanol–water partition coefficient (Wildman–Crippen LogP) is 2.92. The number of anilines is 1. The molecule has 3 nitrogen and oxygen atoms in total. The van der Waals surface area contributed by atoms with Crippen LogP contribution in [-0.4, -0.2) is 18.8 Å². The maximum absolute atomic E-state index is 13.4. The van der Waals surface area contributed by atoms with Crippen LogP contribution in [0.15, 0.2) is 18.2 Å². The third-order valence-electron chi connectivity index (χ3n) is 2.24. The van der Waals surface area contributed by atoms with Crippen LogP contribution in [0.3, 0.4) is 0 Å². The highest BCUT2D eigenvalue weighted by molar-refractivity contribution is 7.80. The van der Waals surface area contributed by atoms with Crippen molar-refractivity contribution in [1.82, 2.24) is 5.32 Å². The molecule has 94 valence electrons. The van der Waals surface area contributed by atoms with Gasteiger partial charge in [0.05, 0.1) is 12.8 Å². The minimum absolute atomic E-state index is 0.318. The quantitative estimate of drug-likeness (QED) is 0.627. The summed E-state index contributed by atoms with van der Waals surface area (Å²) in [5, 5.41) is 6.24. The fourth-order valence-electron chi connectivity index (χ4n) is 1.27. The standard InChI is InChI=1S/C12H17FN2OS/c1-3-4-7-14-12(17)15-11-8-9(16-2)5-6-10(11)13/h5-6,8H,3-4,7H2,1-2H3,(H2,14,15,17). The van der Waals surface area contributed by atoms with Crippen molar-refractivity contribution in [2.45, 2.75) is 19.8 Å². The van der Waals surface area contributed by atoms with Crippen molar-refractivity contribution in [2.75, 3.05) is 19.0 Å². The second kappa shape index (κ2) is 7.06. The minimum atomic E-state index is -0.356. The van der Waals surface area contributed by atoms with Gasteiger partial charge >= 0.3 is 0 Å². The van der Waals surface area contributed by atoms with Gasteiger partial charge in [-0.15, -0.1) is 0 Å². The molecule has 0 atom stereocenters. The van der Waals surface area contributed by atoms with E-state index in [9.17, 15) is 4.39 Å². The van der Waals surface area contributed by atoms with E-state index in [1.807, 2.05) is 0 Å². The van der Waals surface area contributed by atoms with Crippen molar-refractivity contribution >= 4 is 23.0 Å². The van der Waals surface area contributed by atoms with Crippen LogP contribution in [0.25, 0.3) is 0 Å². The van der Waals surface area contributed by atoms with E-state index in [2.05, 4.69) is 17.6 Å². The minimum Gasteiger partial charge on any atom is -0.497 e. The largest absolute Gasteiger partial charge is 0.497 e. The highest BCUT2D eigenvalue weighted by Gasteiger charge is 2.05. The summed E-state index contributed by atoms with van der Waals surface area (Å²) >= 11 is 5.06. The molecule has 2 N–H and O–H groups in total. The number of unbranched alkanes of at least 4 members (excludes halogenated alkanes) is 1. The van der Waals surface area contributed by atoms with E-state index in [-0.39, 0.29) is 5.82 Å². The maximum Gasteiger partial charge on any atom is 0.170 e. The molecule has 0 amide bonds. The molecule has 0 radical (unpaired) electrons. The van der Waals surface area contributed by atoms with Gasteiger partial charge in [-0.25, -0.2) is 4.39 Å². The van der Waals surface area contributed by atoms with Gasteiger partial charge in [0, 0.05) is 12.6 Å². The van der Waals surface area contributed by atoms with E-state index >= 15 is 0 Å². The molecular formula is C12H17FN2OS. The fourth-order valence-corrected chi connectivity index (χ4v) is 1.48. The first-order valence-electron chi connectivity index (χ1n) is 5.55. The van der Waals surface area contributed by atoms with Crippen LogP contribution in [0.5, 0.6) is 5.75 Å². The molecular weight excluding hydrogens is 239 g/mol. The summed E-state index contributed by atoms with van der Waals surface area (Å²) in [4.78, 5) is 0. The van der Waals surface area contributed by atoms with Crippen LogP contribution >= 0.6 is 12.2 Å². The first-order chi connectivity index (χ1) is 8.17. The van der Waals surface area contributed by atoms with Crippen molar-refractivity contribution in [2.24, 2.45) is 0 Å². The number of hydrogen-bond acceptors (Lipinski definition) is 2. The van der Waals surface area contributed by atoms with E-state index in [0.717, 1.165) is 19.4 Å². The maximum atomic E-state index is 13.4. The van der Waals surface area contributed by atoms with Gasteiger partial charge in [0.2, 0.25) is 0 Å². The van der Waals surface area contributed by atoms with Gasteiger partial charge in [-0.1, -0.05) is 13.3 Å². The van der Waals surface area contributed by atoms with E-state index in [4.69, 9.17) is 17.0 Å². The van der Waals surface area contributed by atoms with Gasteiger partial charge in [0.15, 0.2) is 5.11 Å². The van der Waals surface area contributed by atoms with E-state index in [1.165, 1.54) is 13.2 Å². The normalized spacial score (nSPS) is 9.82. The molecule has 0 aliphatic rings. The Morgan fingerprint density at radius 2 is 2.24 bits per heavy atom. The zero-order valence-corrected chi connectivity index (χ0v) is 10.9. The Labute approximate surface area is 106 Å². The Balaban J connectivity index is 2.57. The highest BCUT2D eigenvalue weighted by atomic mass is 32.1. The van der Waals surface area contributed by atoms with Crippen molar-refractivity contribution in [3.05, 3.63) is 24.0 Å². The van der Waals surface area contributed by atoms with Crippen molar-refractivity contribution in [3.63, 3.8) is 0 Å². The number of nitrogens with one attached hydrogen (secondary N) is 2. The lowest BCUT2D eigenvalue weighted by Gasteiger charge is -2.11. The average Bonchev–Trinajstić information content (AvgIpc) is 2.32. The second-order valence-corrected chi connectivity index (χ2v) is 3.99. The van der Waals surface area contributed by atoms with Gasteiger partial charge in [-0.3, -0.25) is 0 Å². The third kappa shape index (κ3) is 4.56. The molecule has 0 spiro atoms. The van der Waals surface area contributed by atoms with Crippen LogP contribution in [0.1, 0.15) is 19.8 Å². The first kappa shape index (κ1) is 13.7. The number of rotatable bonds is 5. The van der Waals surface area contributed by atoms with E-state index < -0.39 is 0 Å². The summed E-state index contributed by atoms with van der Waals surface area (Å²) in [6.07, 6.45) is 2.12. The summed E-state index contributed by atoms with van der Waals surface area (Å²) in [5.41, 5.74) is 0.318. The molecule has 5 heteroatoms. The fraction of sp³-hybridized carbons (Fsp3) is 0.417. The molecule has 0 saturated heterocycles. The molecule has 0 bridgehead atoms. The Bertz CT molecular complexity index is 385. The third-order valence-corrected chi connectivity index (χ3v) is 2.48. The summed E-state index contributed by atoms with van der Waals surface area (Å²) in [7, 11) is 1.54. The van der Waals surface area contributed by atoms with Gasteiger partial charge < -0.3 is 15.4 Å². The molecule has 0 unspecified atom stereocenters. The average molecular weight is 256 g/mol. The molecule has 0 fully saturated rings. The van der Waals surface area contributed by atoms with Gasteiger partial charge in [-0.05, 0) is 30.8 Å². The van der Waals surface area contributed by atoms with Crippen LogP contribution in [-0.2, 0) is 0 Å². The number of ether oxygens (including phenoxy) is 1. The molecule has 0 saturated carbocycles. The smallest absolute Gasteiger partial charge is 0.170 e. The summed E-state index contributed by atoms with van der Waals surface area (Å²) in [6, 6.07) is 4.48. The van der Waals surface area contributed by atoms with Gasteiger partial charge in [-0.2, -0.15) is 0 Å². The van der Waals surface area contributed by atoms with Crippen LogP contribution < -0.4 is 15.4 Å². The first-order valence-corrected chi connectivity index (χ1v) is 5.96. The number of methoxy groups -OCH3 is 1. The second-order valence-electron chi connectivity index (χ2n) is 3.58. The Hall–Kier alpha value is -1.36. The lowest BCUT2D eigenvalue weighted by atomic mass is 10.3. The topological polar surface area (TPSA) is 33.3 Å². The molecule has 0 aromatic heterocycles. The van der Waals surface area contributed by atoms with Crippen molar-refractivity contribution in [3.8, 4) is 5.75 Å². The molecule has 17 heavy (non-hydrogen) atoms. The highest BCUT2D eigenvalue weighted by Crippen LogP contribution is 2.20. The Morgan fingerprint density at radius 1 is 1.47 bits per heavy atom. The lowest BCUT2D eigenvalue weighted by Crippen LogP contribution is -2.29. The SMILES string of the molecule is CCCCNC(=S)Nc1cc(OC)ccc1F. The van der Waals surface area contributed by atoms with Crippen LogP contribution in [0.4, 0.5) is 10.1 Å². The summed E-state index contributed by atoms with van der Waals surface area (Å²) in [6.45, 7) is 2.88. The number of hydrogen-bond donors (Lipinski definition) is 2. The van der Waals surface area contributed by atoms with E-state index in [0.29, 0.717) is 16.5 Å². The van der Waals surface area contributed by atoms with Crippen LogP contribution in [0.2, 0.25) is 0 Å². The number of thiocarbonyl (C=S) groups is 1.